The summed E-state index contributed by atoms with van der Waals surface area (Å²) in [6, 6.07) is 2.22. The third-order valence-corrected chi connectivity index (χ3v) is 3.84. The summed E-state index contributed by atoms with van der Waals surface area (Å²) >= 11 is 5.44. The second-order valence-electron chi connectivity index (χ2n) is 3.03. The lowest BCUT2D eigenvalue weighted by Crippen LogP contribution is -1.95. The van der Waals surface area contributed by atoms with E-state index in [1.807, 2.05) is 0 Å². The molecule has 0 amide bonds. The Kier molecular flexibility index (Phi) is 4.93. The molecule has 0 aliphatic heterocycles. The van der Waals surface area contributed by atoms with Gasteiger partial charge in [-0.3, -0.25) is 0 Å². The van der Waals surface area contributed by atoms with Crippen LogP contribution in [0, 0.1) is 0 Å². The van der Waals surface area contributed by atoms with E-state index >= 15 is 0 Å². The molecule has 0 nitrogen and oxygen atoms in total. The van der Waals surface area contributed by atoms with Gasteiger partial charge < -0.3 is 0 Å². The molecule has 0 aliphatic rings. The van der Waals surface area contributed by atoms with Crippen molar-refractivity contribution in [1.29, 1.82) is 0 Å². The van der Waals surface area contributed by atoms with E-state index in [0.29, 0.717) is 0 Å². The summed E-state index contributed by atoms with van der Waals surface area (Å²) in [5, 5.41) is 4.40. The normalized spacial score (nSPS) is 13.2. The van der Waals surface area contributed by atoms with E-state index in [0.717, 1.165) is 4.83 Å². The lowest BCUT2D eigenvalue weighted by Gasteiger charge is -2.04. The van der Waals surface area contributed by atoms with Gasteiger partial charge in [0.2, 0.25) is 0 Å². The molecule has 0 aliphatic carbocycles. The fraction of sp³-hybridized carbons (Fsp3) is 0.600. The quantitative estimate of drug-likeness (QED) is 0.682. The van der Waals surface area contributed by atoms with E-state index < -0.39 is 0 Å². The molecule has 12 heavy (non-hydrogen) atoms. The maximum atomic E-state index is 3.64. The summed E-state index contributed by atoms with van der Waals surface area (Å²) < 4.78 is 0. The van der Waals surface area contributed by atoms with Gasteiger partial charge >= 0.3 is 0 Å². The molecule has 1 aromatic rings. The van der Waals surface area contributed by atoms with Crippen molar-refractivity contribution < 1.29 is 0 Å². The Morgan fingerprint density at radius 1 is 1.58 bits per heavy atom. The zero-order valence-corrected chi connectivity index (χ0v) is 9.83. The van der Waals surface area contributed by atoms with Gasteiger partial charge in [-0.05, 0) is 48.1 Å². The molecule has 0 fully saturated rings. The van der Waals surface area contributed by atoms with Crippen LogP contribution >= 0.6 is 27.3 Å². The average Bonchev–Trinajstić information content (AvgIpc) is 2.57. The van der Waals surface area contributed by atoms with Gasteiger partial charge in [0.15, 0.2) is 0 Å². The van der Waals surface area contributed by atoms with Gasteiger partial charge in [0.05, 0.1) is 0 Å². The molecule has 0 spiro atoms. The molecule has 0 radical (unpaired) electrons. The number of thiophene rings is 1. The van der Waals surface area contributed by atoms with Crippen LogP contribution in [0.25, 0.3) is 0 Å². The van der Waals surface area contributed by atoms with Gasteiger partial charge in [-0.25, -0.2) is 0 Å². The third-order valence-electron chi connectivity index (χ3n) is 2.01. The van der Waals surface area contributed by atoms with Crippen molar-refractivity contribution in [2.45, 2.75) is 37.4 Å². The number of rotatable bonds is 5. The summed E-state index contributed by atoms with van der Waals surface area (Å²) in [4.78, 5) is 0.719. The zero-order valence-electron chi connectivity index (χ0n) is 7.42. The van der Waals surface area contributed by atoms with Crippen molar-refractivity contribution in [3.63, 3.8) is 0 Å². The first-order valence-electron chi connectivity index (χ1n) is 4.48. The van der Waals surface area contributed by atoms with E-state index in [9.17, 15) is 0 Å². The fourth-order valence-electron chi connectivity index (χ4n) is 1.17. The molecule has 68 valence electrons. The van der Waals surface area contributed by atoms with Crippen molar-refractivity contribution >= 4 is 27.3 Å². The molecular weight excluding hydrogens is 232 g/mol. The summed E-state index contributed by atoms with van der Waals surface area (Å²) in [6.07, 6.45) is 5.09. The molecule has 1 heterocycles. The molecule has 1 unspecified atom stereocenters. The molecule has 1 aromatic heterocycles. The molecule has 0 N–H and O–H groups in total. The molecule has 0 bridgehead atoms. The Bertz CT molecular complexity index is 194. The van der Waals surface area contributed by atoms with Gasteiger partial charge in [-0.15, -0.1) is 0 Å². The largest absolute Gasteiger partial charge is 0.152 e. The first kappa shape index (κ1) is 10.3. The van der Waals surface area contributed by atoms with Gasteiger partial charge in [0.1, 0.15) is 0 Å². The predicted octanol–water partition coefficient (Wildman–Crippen LogP) is 4.24. The highest BCUT2D eigenvalue weighted by molar-refractivity contribution is 9.09. The van der Waals surface area contributed by atoms with Crippen LogP contribution in [-0.2, 0) is 6.42 Å². The number of aryl methyl sites for hydroxylation is 1. The standard InChI is InChI=1S/C10H15BrS/c1-2-10(11)5-3-4-9-6-7-12-8-9/h6-8,10H,2-5H2,1H3. The van der Waals surface area contributed by atoms with Crippen LogP contribution in [-0.4, -0.2) is 4.83 Å². The van der Waals surface area contributed by atoms with Crippen LogP contribution in [0.4, 0.5) is 0 Å². The molecule has 0 aromatic carbocycles. The van der Waals surface area contributed by atoms with Crippen molar-refractivity contribution in [1.82, 2.24) is 0 Å². The second-order valence-corrected chi connectivity index (χ2v) is 5.10. The second kappa shape index (κ2) is 5.76. The highest BCUT2D eigenvalue weighted by Gasteiger charge is 2.00. The van der Waals surface area contributed by atoms with E-state index in [2.05, 4.69) is 39.7 Å². The number of alkyl halides is 1. The Balaban J connectivity index is 2.11. The smallest absolute Gasteiger partial charge is 0.0143 e. The van der Waals surface area contributed by atoms with Crippen molar-refractivity contribution in [2.75, 3.05) is 0 Å². The maximum Gasteiger partial charge on any atom is 0.0143 e. The monoisotopic (exact) mass is 246 g/mol. The van der Waals surface area contributed by atoms with E-state index in [1.165, 1.54) is 31.2 Å². The number of hydrogen-bond acceptors (Lipinski definition) is 1. The van der Waals surface area contributed by atoms with Gasteiger partial charge in [-0.1, -0.05) is 22.9 Å². The van der Waals surface area contributed by atoms with Crippen LogP contribution in [0.15, 0.2) is 16.8 Å². The molecule has 0 saturated carbocycles. The Hall–Kier alpha value is 0.180. The highest BCUT2D eigenvalue weighted by atomic mass is 79.9. The Morgan fingerprint density at radius 2 is 2.42 bits per heavy atom. The Labute approximate surface area is 87.1 Å². The molecule has 1 rings (SSSR count). The van der Waals surface area contributed by atoms with Crippen molar-refractivity contribution in [2.24, 2.45) is 0 Å². The van der Waals surface area contributed by atoms with Crippen LogP contribution in [0.5, 0.6) is 0 Å². The minimum Gasteiger partial charge on any atom is -0.152 e. The SMILES string of the molecule is CCC(Br)CCCc1ccsc1. The lowest BCUT2D eigenvalue weighted by molar-refractivity contribution is 0.690. The minimum absolute atomic E-state index is 0.719. The number of hydrogen-bond donors (Lipinski definition) is 0. The van der Waals surface area contributed by atoms with Crippen LogP contribution in [0.3, 0.4) is 0 Å². The van der Waals surface area contributed by atoms with Crippen LogP contribution < -0.4 is 0 Å². The number of halogens is 1. The summed E-state index contributed by atoms with van der Waals surface area (Å²) in [7, 11) is 0. The van der Waals surface area contributed by atoms with Crippen LogP contribution in [0.1, 0.15) is 31.7 Å². The predicted molar refractivity (Wildman–Crippen MR) is 60.3 cm³/mol. The maximum absolute atomic E-state index is 3.64. The first-order valence-corrected chi connectivity index (χ1v) is 6.34. The fourth-order valence-corrected chi connectivity index (χ4v) is 2.19. The third kappa shape index (κ3) is 3.72. The molecule has 1 atom stereocenters. The van der Waals surface area contributed by atoms with E-state index in [1.54, 1.807) is 11.3 Å². The highest BCUT2D eigenvalue weighted by Crippen LogP contribution is 2.15. The summed E-state index contributed by atoms with van der Waals surface area (Å²) in [5.41, 5.74) is 1.50. The average molecular weight is 247 g/mol. The topological polar surface area (TPSA) is 0 Å². The van der Waals surface area contributed by atoms with Gasteiger partial charge in [0.25, 0.3) is 0 Å². The van der Waals surface area contributed by atoms with Gasteiger partial charge in [0, 0.05) is 4.83 Å². The molecule has 0 saturated heterocycles. The molecular formula is C10H15BrS. The lowest BCUT2D eigenvalue weighted by atomic mass is 10.1. The summed E-state index contributed by atoms with van der Waals surface area (Å²) in [6.45, 7) is 2.23. The van der Waals surface area contributed by atoms with Gasteiger partial charge in [-0.2, -0.15) is 11.3 Å². The van der Waals surface area contributed by atoms with Crippen molar-refractivity contribution in [3.8, 4) is 0 Å². The Morgan fingerprint density at radius 3 is 3.00 bits per heavy atom. The van der Waals surface area contributed by atoms with E-state index in [-0.39, 0.29) is 0 Å². The summed E-state index contributed by atoms with van der Waals surface area (Å²) in [5.74, 6) is 0. The van der Waals surface area contributed by atoms with E-state index in [4.69, 9.17) is 0 Å². The van der Waals surface area contributed by atoms with Crippen LogP contribution in [0.2, 0.25) is 0 Å². The minimum atomic E-state index is 0.719. The first-order chi connectivity index (χ1) is 5.83. The zero-order chi connectivity index (χ0) is 8.81. The molecule has 2 heteroatoms. The van der Waals surface area contributed by atoms with Crippen molar-refractivity contribution in [3.05, 3.63) is 22.4 Å².